The summed E-state index contributed by atoms with van der Waals surface area (Å²) < 4.78 is 32.6. The molecule has 0 heterocycles. The van der Waals surface area contributed by atoms with Crippen molar-refractivity contribution in [1.29, 1.82) is 0 Å². The van der Waals surface area contributed by atoms with Crippen LogP contribution < -0.4 is 5.73 Å². The number of phosphoric acid groups is 1. The van der Waals surface area contributed by atoms with Gasteiger partial charge in [-0.05, 0) is 77.0 Å². The number of aliphatic carboxylic acids is 1. The van der Waals surface area contributed by atoms with Gasteiger partial charge < -0.3 is 25.2 Å². The summed E-state index contributed by atoms with van der Waals surface area (Å²) >= 11 is 0. The number of rotatable bonds is 38. The van der Waals surface area contributed by atoms with Crippen LogP contribution in [0.5, 0.6) is 0 Å². The summed E-state index contributed by atoms with van der Waals surface area (Å²) in [5.41, 5.74) is 5.32. The number of carboxylic acids is 1. The molecule has 0 saturated heterocycles. The van der Waals surface area contributed by atoms with Gasteiger partial charge in [-0.2, -0.15) is 0 Å². The Morgan fingerprint density at radius 1 is 0.564 bits per heavy atom. The van der Waals surface area contributed by atoms with Crippen molar-refractivity contribution in [2.75, 3.05) is 19.8 Å². The monoisotopic (exact) mass is 796 g/mol. The van der Waals surface area contributed by atoms with E-state index in [9.17, 15) is 23.8 Å². The van der Waals surface area contributed by atoms with Crippen LogP contribution in [0.15, 0.2) is 60.8 Å². The largest absolute Gasteiger partial charge is 0.480 e. The number of carbonyl (C=O) groups excluding carboxylic acids is 2. The van der Waals surface area contributed by atoms with Crippen LogP contribution in [0.2, 0.25) is 0 Å². The Labute approximate surface area is 332 Å². The zero-order valence-electron chi connectivity index (χ0n) is 34.0. The topological polar surface area (TPSA) is 172 Å². The van der Waals surface area contributed by atoms with Gasteiger partial charge >= 0.3 is 25.7 Å². The zero-order valence-corrected chi connectivity index (χ0v) is 34.9. The lowest BCUT2D eigenvalue weighted by Gasteiger charge is -2.20. The van der Waals surface area contributed by atoms with Gasteiger partial charge in [0.1, 0.15) is 12.6 Å². The predicted octanol–water partition coefficient (Wildman–Crippen LogP) is 10.8. The molecule has 0 radical (unpaired) electrons. The number of carbonyl (C=O) groups is 3. The fourth-order valence-corrected chi connectivity index (χ4v) is 5.95. The Kier molecular flexibility index (Phi) is 36.1. The number of hydrogen-bond acceptors (Lipinski definition) is 9. The molecule has 55 heavy (non-hydrogen) atoms. The molecule has 0 aliphatic rings. The van der Waals surface area contributed by atoms with Gasteiger partial charge in [-0.25, -0.2) is 4.57 Å². The van der Waals surface area contributed by atoms with Crippen LogP contribution in [0.1, 0.15) is 162 Å². The molecular weight excluding hydrogens is 721 g/mol. The molecule has 0 amide bonds. The smallest absolute Gasteiger partial charge is 0.472 e. The molecule has 3 atom stereocenters. The second kappa shape index (κ2) is 38.1. The lowest BCUT2D eigenvalue weighted by Crippen LogP contribution is -2.34. The third kappa shape index (κ3) is 37.9. The normalized spacial score (nSPS) is 14.4. The number of carboxylic acid groups (broad SMARTS) is 1. The highest BCUT2D eigenvalue weighted by Crippen LogP contribution is 2.43. The van der Waals surface area contributed by atoms with Gasteiger partial charge in [0, 0.05) is 12.8 Å². The standard InChI is InChI=1S/C43H74NO10P/c1-3-5-7-9-11-13-15-17-19-20-21-23-25-27-29-31-33-35-42(46)54-39(37-52-55(49,50)53-38-40(44)43(47)48)36-51-41(45)34-32-30-28-26-24-22-18-16-14-12-10-8-6-4-2/h11,13,16-19,21,23,27,29,39-40H,3-10,12,14-15,20,22,24-26,28,30-38,44H2,1-2H3,(H,47,48)(H,49,50)/b13-11-,18-16-,19-17-,23-21-,29-27-/t39-,40+/m1/s1. The van der Waals surface area contributed by atoms with Crippen LogP contribution in [-0.4, -0.2) is 59.9 Å². The van der Waals surface area contributed by atoms with Crippen molar-refractivity contribution in [3.05, 3.63) is 60.8 Å². The van der Waals surface area contributed by atoms with Gasteiger partial charge in [0.25, 0.3) is 0 Å². The van der Waals surface area contributed by atoms with Crippen molar-refractivity contribution >= 4 is 25.7 Å². The van der Waals surface area contributed by atoms with E-state index in [1.165, 1.54) is 51.4 Å². The van der Waals surface area contributed by atoms with Crippen molar-refractivity contribution in [3.8, 4) is 0 Å². The summed E-state index contributed by atoms with van der Waals surface area (Å²) in [7, 11) is -4.73. The van der Waals surface area contributed by atoms with Crippen molar-refractivity contribution in [3.63, 3.8) is 0 Å². The van der Waals surface area contributed by atoms with Crippen molar-refractivity contribution in [2.24, 2.45) is 5.73 Å². The zero-order chi connectivity index (χ0) is 40.7. The molecule has 4 N–H and O–H groups in total. The quantitative estimate of drug-likeness (QED) is 0.0235. The highest BCUT2D eigenvalue weighted by molar-refractivity contribution is 7.47. The molecule has 0 rings (SSSR count). The minimum absolute atomic E-state index is 0.0814. The van der Waals surface area contributed by atoms with E-state index < -0.39 is 51.1 Å². The average molecular weight is 796 g/mol. The molecule has 0 aliphatic heterocycles. The van der Waals surface area contributed by atoms with Crippen LogP contribution in [0.3, 0.4) is 0 Å². The number of ether oxygens (including phenoxy) is 2. The first-order valence-electron chi connectivity index (χ1n) is 20.8. The molecule has 0 saturated carbocycles. The van der Waals surface area contributed by atoms with E-state index in [-0.39, 0.29) is 19.4 Å². The lowest BCUT2D eigenvalue weighted by molar-refractivity contribution is -0.161. The van der Waals surface area contributed by atoms with E-state index in [1.54, 1.807) is 0 Å². The number of phosphoric ester groups is 1. The summed E-state index contributed by atoms with van der Waals surface area (Å²) in [6.45, 7) is 2.68. The van der Waals surface area contributed by atoms with E-state index in [0.29, 0.717) is 19.3 Å². The maximum Gasteiger partial charge on any atom is 0.472 e. The van der Waals surface area contributed by atoms with Gasteiger partial charge in [0.05, 0.1) is 13.2 Å². The Balaban J connectivity index is 4.52. The van der Waals surface area contributed by atoms with Crippen LogP contribution in [0, 0.1) is 0 Å². The van der Waals surface area contributed by atoms with Gasteiger partial charge in [0.2, 0.25) is 0 Å². The first-order chi connectivity index (χ1) is 26.6. The first kappa shape index (κ1) is 52.2. The summed E-state index contributed by atoms with van der Waals surface area (Å²) in [5.74, 6) is -2.47. The third-order valence-corrected chi connectivity index (χ3v) is 9.44. The molecule has 12 heteroatoms. The fraction of sp³-hybridized carbons (Fsp3) is 0.698. The van der Waals surface area contributed by atoms with E-state index in [2.05, 4.69) is 67.0 Å². The number of unbranched alkanes of at least 4 members (excludes halogenated alkanes) is 14. The number of hydrogen-bond donors (Lipinski definition) is 3. The summed E-state index contributed by atoms with van der Waals surface area (Å²) in [5, 5.41) is 8.87. The number of esters is 2. The third-order valence-electron chi connectivity index (χ3n) is 8.49. The molecule has 0 spiro atoms. The minimum atomic E-state index is -4.73. The second-order valence-corrected chi connectivity index (χ2v) is 15.2. The van der Waals surface area contributed by atoms with Crippen molar-refractivity contribution < 1.29 is 47.5 Å². The lowest BCUT2D eigenvalue weighted by atomic mass is 10.1. The Bertz CT molecular complexity index is 1170. The summed E-state index contributed by atoms with van der Waals surface area (Å²) in [4.78, 5) is 45.8. The first-order valence-corrected chi connectivity index (χ1v) is 22.3. The Hall–Kier alpha value is -2.82. The second-order valence-electron chi connectivity index (χ2n) is 13.8. The average Bonchev–Trinajstić information content (AvgIpc) is 3.16. The van der Waals surface area contributed by atoms with Crippen molar-refractivity contribution in [2.45, 2.75) is 174 Å². The van der Waals surface area contributed by atoms with Crippen molar-refractivity contribution in [1.82, 2.24) is 0 Å². The molecule has 0 aliphatic carbocycles. The fourth-order valence-electron chi connectivity index (χ4n) is 5.17. The molecular formula is C43H74NO10P. The number of allylic oxidation sites excluding steroid dienone is 10. The van der Waals surface area contributed by atoms with Crippen LogP contribution >= 0.6 is 7.82 Å². The summed E-state index contributed by atoms with van der Waals surface area (Å²) in [6.07, 6.45) is 42.9. The SMILES string of the molecule is CCCCC/C=C\C/C=C\C/C=C\C/C=C\CCCC(=O)O[C@H](COC(=O)CCCCCCC/C=C\CCCCCCC)COP(=O)(O)OC[C@H](N)C(=O)O. The van der Waals surface area contributed by atoms with Gasteiger partial charge in [-0.3, -0.25) is 23.4 Å². The number of nitrogens with two attached hydrogens (primary N) is 1. The van der Waals surface area contributed by atoms with E-state index in [1.807, 2.05) is 12.2 Å². The molecule has 0 fully saturated rings. The highest BCUT2D eigenvalue weighted by Gasteiger charge is 2.28. The van der Waals surface area contributed by atoms with Gasteiger partial charge in [0.15, 0.2) is 6.10 Å². The molecule has 11 nitrogen and oxygen atoms in total. The van der Waals surface area contributed by atoms with E-state index in [4.69, 9.17) is 24.8 Å². The molecule has 316 valence electrons. The van der Waals surface area contributed by atoms with Crippen LogP contribution in [0.4, 0.5) is 0 Å². The molecule has 0 aromatic rings. The van der Waals surface area contributed by atoms with Crippen LogP contribution in [-0.2, 0) is 37.5 Å². The summed E-state index contributed by atoms with van der Waals surface area (Å²) in [6, 6.07) is -1.53. The van der Waals surface area contributed by atoms with Crippen LogP contribution in [0.25, 0.3) is 0 Å². The maximum absolute atomic E-state index is 12.6. The Morgan fingerprint density at radius 3 is 1.55 bits per heavy atom. The maximum atomic E-state index is 12.6. The molecule has 0 aromatic heterocycles. The van der Waals surface area contributed by atoms with E-state index in [0.717, 1.165) is 64.2 Å². The van der Waals surface area contributed by atoms with E-state index >= 15 is 0 Å². The molecule has 0 aromatic carbocycles. The predicted molar refractivity (Wildman–Crippen MR) is 221 cm³/mol. The Morgan fingerprint density at radius 2 is 0.982 bits per heavy atom. The highest BCUT2D eigenvalue weighted by atomic mass is 31.2. The van der Waals surface area contributed by atoms with Gasteiger partial charge in [-0.1, -0.05) is 132 Å². The molecule has 0 bridgehead atoms. The van der Waals surface area contributed by atoms with Gasteiger partial charge in [-0.15, -0.1) is 0 Å². The molecule has 1 unspecified atom stereocenters. The minimum Gasteiger partial charge on any atom is -0.480 e.